The number of anilines is 1. The lowest BCUT2D eigenvalue weighted by molar-refractivity contribution is -0.0656. The Kier molecular flexibility index (Phi) is 4.77. The van der Waals surface area contributed by atoms with E-state index in [9.17, 15) is 0 Å². The van der Waals surface area contributed by atoms with Crippen LogP contribution in [0.2, 0.25) is 0 Å². The van der Waals surface area contributed by atoms with Gasteiger partial charge in [0.15, 0.2) is 0 Å². The molecule has 1 atom stereocenters. The monoisotopic (exact) mass is 263 g/mol. The minimum absolute atomic E-state index is 0.0602. The van der Waals surface area contributed by atoms with E-state index < -0.39 is 0 Å². The van der Waals surface area contributed by atoms with Crippen molar-refractivity contribution in [3.05, 3.63) is 23.9 Å². The van der Waals surface area contributed by atoms with Gasteiger partial charge in [0.25, 0.3) is 0 Å². The molecule has 106 valence electrons. The maximum absolute atomic E-state index is 5.96. The van der Waals surface area contributed by atoms with Crippen LogP contribution in [0.25, 0.3) is 0 Å². The lowest BCUT2D eigenvalue weighted by atomic mass is 9.77. The number of rotatable bonds is 5. The van der Waals surface area contributed by atoms with Crippen molar-refractivity contribution >= 4 is 5.82 Å². The molecule has 1 unspecified atom stereocenters. The zero-order valence-corrected chi connectivity index (χ0v) is 12.0. The number of methoxy groups -OCH3 is 1. The molecule has 4 nitrogen and oxygen atoms in total. The zero-order chi connectivity index (χ0) is 13.7. The molecule has 0 aliphatic heterocycles. The van der Waals surface area contributed by atoms with Crippen LogP contribution in [0, 0.1) is 0 Å². The van der Waals surface area contributed by atoms with E-state index in [0.29, 0.717) is 5.82 Å². The Balaban J connectivity index is 2.17. The van der Waals surface area contributed by atoms with Crippen molar-refractivity contribution in [1.29, 1.82) is 0 Å². The highest BCUT2D eigenvalue weighted by Gasteiger charge is 2.39. The quantitative estimate of drug-likeness (QED) is 0.854. The molecule has 0 radical (unpaired) electrons. The van der Waals surface area contributed by atoms with Crippen molar-refractivity contribution in [1.82, 2.24) is 10.3 Å². The summed E-state index contributed by atoms with van der Waals surface area (Å²) in [7, 11) is 3.84. The first-order valence-corrected chi connectivity index (χ1v) is 7.13. The number of aromatic nitrogens is 1. The number of nitrogens with two attached hydrogens (primary N) is 1. The Labute approximate surface area is 115 Å². The van der Waals surface area contributed by atoms with E-state index in [1.807, 2.05) is 20.2 Å². The zero-order valence-electron chi connectivity index (χ0n) is 12.0. The fraction of sp³-hybridized carbons (Fsp3) is 0.667. The molecule has 0 bridgehead atoms. The van der Waals surface area contributed by atoms with E-state index in [0.717, 1.165) is 24.8 Å². The van der Waals surface area contributed by atoms with Gasteiger partial charge in [-0.25, -0.2) is 4.98 Å². The van der Waals surface area contributed by atoms with Gasteiger partial charge in [0.2, 0.25) is 0 Å². The molecule has 0 aromatic carbocycles. The summed E-state index contributed by atoms with van der Waals surface area (Å²) in [4.78, 5) is 4.17. The summed E-state index contributed by atoms with van der Waals surface area (Å²) < 4.78 is 5.92. The van der Waals surface area contributed by atoms with Gasteiger partial charge in [-0.1, -0.05) is 25.3 Å². The first-order valence-electron chi connectivity index (χ1n) is 7.13. The molecule has 1 aromatic rings. The fourth-order valence-electron chi connectivity index (χ4n) is 3.24. The highest BCUT2D eigenvalue weighted by molar-refractivity contribution is 5.39. The Morgan fingerprint density at radius 1 is 1.42 bits per heavy atom. The third kappa shape index (κ3) is 3.07. The molecule has 1 aromatic heterocycles. The van der Waals surface area contributed by atoms with Crippen molar-refractivity contribution in [3.8, 4) is 0 Å². The molecule has 0 amide bonds. The van der Waals surface area contributed by atoms with E-state index in [2.05, 4.69) is 16.4 Å². The molecule has 1 fully saturated rings. The lowest BCUT2D eigenvalue weighted by Gasteiger charge is -2.42. The van der Waals surface area contributed by atoms with Gasteiger partial charge in [0.1, 0.15) is 5.82 Å². The third-order valence-corrected chi connectivity index (χ3v) is 4.44. The van der Waals surface area contributed by atoms with Crippen molar-refractivity contribution < 1.29 is 4.74 Å². The van der Waals surface area contributed by atoms with Crippen molar-refractivity contribution in [2.45, 2.75) is 50.2 Å². The van der Waals surface area contributed by atoms with Crippen LogP contribution < -0.4 is 11.1 Å². The van der Waals surface area contributed by atoms with Crippen LogP contribution in [0.5, 0.6) is 0 Å². The number of hydrogen-bond acceptors (Lipinski definition) is 4. The molecular weight excluding hydrogens is 238 g/mol. The molecule has 1 aliphatic carbocycles. The number of nitrogens with one attached hydrogen (secondary N) is 1. The van der Waals surface area contributed by atoms with E-state index in [1.54, 1.807) is 6.20 Å². The molecule has 3 N–H and O–H groups in total. The van der Waals surface area contributed by atoms with Gasteiger partial charge in [-0.3, -0.25) is 0 Å². The van der Waals surface area contributed by atoms with Crippen LogP contribution in [-0.4, -0.2) is 30.8 Å². The number of nitrogen functional groups attached to an aromatic ring is 1. The standard InChI is InChI=1S/C15H25N3O/c1-17-13(11-12-7-6-10-18-14(12)16)15(19-2)8-4-3-5-9-15/h6-7,10,13,17H,3-5,8-9,11H2,1-2H3,(H2,16,18). The second kappa shape index (κ2) is 6.35. The number of likely N-dealkylation sites (N-methyl/N-ethyl adjacent to an activating group) is 1. The van der Waals surface area contributed by atoms with Crippen LogP contribution in [0.3, 0.4) is 0 Å². The van der Waals surface area contributed by atoms with Crippen molar-refractivity contribution in [3.63, 3.8) is 0 Å². The summed E-state index contributed by atoms with van der Waals surface area (Å²) in [5.74, 6) is 0.629. The first-order chi connectivity index (χ1) is 9.22. The fourth-order valence-corrected chi connectivity index (χ4v) is 3.24. The van der Waals surface area contributed by atoms with Crippen LogP contribution >= 0.6 is 0 Å². The van der Waals surface area contributed by atoms with E-state index in [4.69, 9.17) is 10.5 Å². The van der Waals surface area contributed by atoms with Crippen molar-refractivity contribution in [2.24, 2.45) is 0 Å². The Morgan fingerprint density at radius 3 is 2.74 bits per heavy atom. The van der Waals surface area contributed by atoms with E-state index >= 15 is 0 Å². The largest absolute Gasteiger partial charge is 0.383 e. The molecule has 1 saturated carbocycles. The summed E-state index contributed by atoms with van der Waals surface area (Å²) in [6.45, 7) is 0. The van der Waals surface area contributed by atoms with Gasteiger partial charge < -0.3 is 15.8 Å². The topological polar surface area (TPSA) is 60.2 Å². The SMILES string of the molecule is CNC(Cc1cccnc1N)C1(OC)CCCCC1. The van der Waals surface area contributed by atoms with Crippen molar-refractivity contribution in [2.75, 3.05) is 19.9 Å². The second-order valence-corrected chi connectivity index (χ2v) is 5.42. The number of nitrogens with zero attached hydrogens (tertiary/aromatic N) is 1. The summed E-state index contributed by atoms with van der Waals surface area (Å²) in [6.07, 6.45) is 8.65. The number of hydrogen-bond donors (Lipinski definition) is 2. The van der Waals surface area contributed by atoms with Gasteiger partial charge in [-0.05, 0) is 37.9 Å². The predicted molar refractivity (Wildman–Crippen MR) is 78.0 cm³/mol. The molecular formula is C15H25N3O. The normalized spacial score (nSPS) is 20.1. The highest BCUT2D eigenvalue weighted by Crippen LogP contribution is 2.35. The summed E-state index contributed by atoms with van der Waals surface area (Å²) in [6, 6.07) is 4.28. The average Bonchev–Trinajstić information content (AvgIpc) is 2.47. The molecule has 1 aliphatic rings. The lowest BCUT2D eigenvalue weighted by Crippen LogP contribution is -2.53. The van der Waals surface area contributed by atoms with Crippen LogP contribution in [0.15, 0.2) is 18.3 Å². The van der Waals surface area contributed by atoms with Gasteiger partial charge in [-0.15, -0.1) is 0 Å². The molecule has 0 spiro atoms. The molecule has 0 saturated heterocycles. The molecule has 4 heteroatoms. The number of ether oxygens (including phenoxy) is 1. The molecule has 19 heavy (non-hydrogen) atoms. The summed E-state index contributed by atoms with van der Waals surface area (Å²) >= 11 is 0. The Hall–Kier alpha value is -1.13. The van der Waals surface area contributed by atoms with Gasteiger partial charge in [0.05, 0.1) is 5.60 Å². The van der Waals surface area contributed by atoms with Gasteiger partial charge >= 0.3 is 0 Å². The smallest absolute Gasteiger partial charge is 0.126 e. The highest BCUT2D eigenvalue weighted by atomic mass is 16.5. The third-order valence-electron chi connectivity index (χ3n) is 4.44. The Morgan fingerprint density at radius 2 is 2.16 bits per heavy atom. The summed E-state index contributed by atoms with van der Waals surface area (Å²) in [5.41, 5.74) is 7.00. The second-order valence-electron chi connectivity index (χ2n) is 5.42. The average molecular weight is 263 g/mol. The predicted octanol–water partition coefficient (Wildman–Crippen LogP) is 2.14. The summed E-state index contributed by atoms with van der Waals surface area (Å²) in [5, 5.41) is 3.43. The minimum atomic E-state index is -0.0602. The van der Waals surface area contributed by atoms with Gasteiger partial charge in [0, 0.05) is 19.3 Å². The van der Waals surface area contributed by atoms with Crippen LogP contribution in [0.1, 0.15) is 37.7 Å². The number of pyridine rings is 1. The van der Waals surface area contributed by atoms with Crippen LogP contribution in [0.4, 0.5) is 5.82 Å². The minimum Gasteiger partial charge on any atom is -0.383 e. The molecule has 1 heterocycles. The Bertz CT molecular complexity index is 402. The van der Waals surface area contributed by atoms with E-state index in [-0.39, 0.29) is 11.6 Å². The molecule has 2 rings (SSSR count). The van der Waals surface area contributed by atoms with Crippen LogP contribution in [-0.2, 0) is 11.2 Å². The van der Waals surface area contributed by atoms with Gasteiger partial charge in [-0.2, -0.15) is 0 Å². The first kappa shape index (κ1) is 14.3. The van der Waals surface area contributed by atoms with E-state index in [1.165, 1.54) is 19.3 Å². The maximum Gasteiger partial charge on any atom is 0.126 e. The maximum atomic E-state index is 5.96.